The molecular formula is C62H64N4O6. The summed E-state index contributed by atoms with van der Waals surface area (Å²) in [5.74, 6) is -1.07. The zero-order valence-electron chi connectivity index (χ0n) is 41.4. The van der Waals surface area contributed by atoms with Gasteiger partial charge in [0, 0.05) is 116 Å². The van der Waals surface area contributed by atoms with Gasteiger partial charge in [0.15, 0.2) is 0 Å². The monoisotopic (exact) mass is 960 g/mol. The number of benzene rings is 6. The first-order chi connectivity index (χ1) is 35.1. The molecule has 72 heavy (non-hydrogen) atoms. The molecule has 6 aromatic carbocycles. The summed E-state index contributed by atoms with van der Waals surface area (Å²) in [5.41, 5.74) is 2.27. The topological polar surface area (TPSA) is 99.7 Å². The average Bonchev–Trinajstić information content (AvgIpc) is 3.83. The Bertz CT molecular complexity index is 2570. The number of piperidine rings is 2. The third-order valence-corrected chi connectivity index (χ3v) is 16.3. The first-order valence-electron chi connectivity index (χ1n) is 25.5. The van der Waals surface area contributed by atoms with Gasteiger partial charge in [-0.2, -0.15) is 0 Å². The van der Waals surface area contributed by atoms with Crippen LogP contribution in [0.2, 0.25) is 0 Å². The minimum Gasteiger partial charge on any atom is -0.451 e. The summed E-state index contributed by atoms with van der Waals surface area (Å²) < 4.78 is 12.9. The SMILES string of the molecule is CN1CC(CN2CCC(OC(=O)/C=C/C(=O)OC3(c4ccccc4)CCN(CC4CN(C)C(=O)C4(c4ccccc4)c4ccccc4)CC3)(c3ccccc3)CC2)C(c2ccccc2)(c2ccccc2)C1=O. The fourth-order valence-electron chi connectivity index (χ4n) is 12.8. The summed E-state index contributed by atoms with van der Waals surface area (Å²) in [6, 6.07) is 60.4. The minimum atomic E-state index is -0.920. The molecule has 4 aliphatic rings. The Morgan fingerprint density at radius 1 is 0.431 bits per heavy atom. The Morgan fingerprint density at radius 3 is 0.944 bits per heavy atom. The molecule has 0 radical (unpaired) electrons. The lowest BCUT2D eigenvalue weighted by Crippen LogP contribution is -2.50. The number of likely N-dealkylation sites (tertiary alicyclic amines) is 4. The maximum Gasteiger partial charge on any atom is 0.331 e. The second-order valence-electron chi connectivity index (χ2n) is 20.3. The Labute approximate surface area is 423 Å². The number of likely N-dealkylation sites (N-methyl/N-ethyl adjacent to an activating group) is 2. The first-order valence-corrected chi connectivity index (χ1v) is 25.5. The highest BCUT2D eigenvalue weighted by molar-refractivity contribution is 5.96. The number of ether oxygens (including phenoxy) is 2. The van der Waals surface area contributed by atoms with Gasteiger partial charge in [-0.3, -0.25) is 9.59 Å². The van der Waals surface area contributed by atoms with Crippen molar-refractivity contribution in [3.05, 3.63) is 228 Å². The van der Waals surface area contributed by atoms with Crippen molar-refractivity contribution >= 4 is 23.8 Å². The van der Waals surface area contributed by atoms with E-state index in [1.807, 2.05) is 157 Å². The largest absolute Gasteiger partial charge is 0.451 e. The lowest BCUT2D eigenvalue weighted by atomic mass is 9.67. The van der Waals surface area contributed by atoms with E-state index in [-0.39, 0.29) is 23.7 Å². The highest BCUT2D eigenvalue weighted by Crippen LogP contribution is 2.49. The molecule has 0 saturated carbocycles. The highest BCUT2D eigenvalue weighted by atomic mass is 16.6. The Kier molecular flexibility index (Phi) is 13.8. The molecule has 0 aromatic heterocycles. The van der Waals surface area contributed by atoms with Gasteiger partial charge in [0.05, 0.1) is 0 Å². The van der Waals surface area contributed by atoms with Crippen molar-refractivity contribution in [2.24, 2.45) is 11.8 Å². The number of rotatable bonds is 14. The second-order valence-corrected chi connectivity index (χ2v) is 20.3. The van der Waals surface area contributed by atoms with Crippen LogP contribution in [0.15, 0.2) is 194 Å². The number of hydrogen-bond donors (Lipinski definition) is 0. The number of carbonyl (C=O) groups is 4. The number of hydrogen-bond acceptors (Lipinski definition) is 8. The van der Waals surface area contributed by atoms with E-state index >= 15 is 0 Å². The van der Waals surface area contributed by atoms with E-state index < -0.39 is 34.0 Å². The average molecular weight is 961 g/mol. The molecule has 4 heterocycles. The smallest absolute Gasteiger partial charge is 0.331 e. The lowest BCUT2D eigenvalue weighted by molar-refractivity contribution is -0.163. The first kappa shape index (κ1) is 48.5. The fourth-order valence-corrected chi connectivity index (χ4v) is 12.8. The summed E-state index contributed by atoms with van der Waals surface area (Å²) in [5, 5.41) is 0. The molecule has 4 saturated heterocycles. The molecular weight excluding hydrogens is 897 g/mol. The van der Waals surface area contributed by atoms with Crippen LogP contribution >= 0.6 is 0 Å². The van der Waals surface area contributed by atoms with E-state index in [0.29, 0.717) is 78.0 Å². The zero-order valence-corrected chi connectivity index (χ0v) is 41.4. The van der Waals surface area contributed by atoms with Crippen LogP contribution < -0.4 is 0 Å². The van der Waals surface area contributed by atoms with Crippen LogP contribution in [0.3, 0.4) is 0 Å². The highest BCUT2D eigenvalue weighted by Gasteiger charge is 2.57. The summed E-state index contributed by atoms with van der Waals surface area (Å²) in [6.45, 7) is 5.19. The van der Waals surface area contributed by atoms with Crippen molar-refractivity contribution in [2.75, 3.05) is 66.5 Å². The molecule has 10 rings (SSSR count). The van der Waals surface area contributed by atoms with Crippen molar-refractivity contribution in [3.63, 3.8) is 0 Å². The summed E-state index contributed by atoms with van der Waals surface area (Å²) >= 11 is 0. The van der Waals surface area contributed by atoms with Crippen molar-refractivity contribution in [1.82, 2.24) is 19.6 Å². The summed E-state index contributed by atoms with van der Waals surface area (Å²) in [4.78, 5) is 65.3. The second kappa shape index (κ2) is 20.5. The van der Waals surface area contributed by atoms with E-state index in [0.717, 1.165) is 33.4 Å². The number of carbonyl (C=O) groups excluding carboxylic acids is 4. The molecule has 2 atom stereocenters. The molecule has 10 nitrogen and oxygen atoms in total. The van der Waals surface area contributed by atoms with E-state index in [9.17, 15) is 19.2 Å². The van der Waals surface area contributed by atoms with Gasteiger partial charge in [-0.25, -0.2) is 9.59 Å². The normalized spacial score (nSPS) is 21.7. The van der Waals surface area contributed by atoms with E-state index in [4.69, 9.17) is 9.47 Å². The van der Waals surface area contributed by atoms with Gasteiger partial charge in [-0.1, -0.05) is 182 Å². The maximum atomic E-state index is 14.4. The molecule has 2 amide bonds. The van der Waals surface area contributed by atoms with E-state index in [2.05, 4.69) is 58.3 Å². The van der Waals surface area contributed by atoms with Crippen LogP contribution in [0.4, 0.5) is 0 Å². The van der Waals surface area contributed by atoms with Gasteiger partial charge in [-0.05, 0) is 33.4 Å². The number of nitrogens with zero attached hydrogens (tertiary/aromatic N) is 4. The van der Waals surface area contributed by atoms with Gasteiger partial charge in [0.25, 0.3) is 0 Å². The molecule has 4 fully saturated rings. The van der Waals surface area contributed by atoms with Crippen molar-refractivity contribution in [2.45, 2.75) is 47.7 Å². The van der Waals surface area contributed by atoms with E-state index in [1.165, 1.54) is 12.2 Å². The van der Waals surface area contributed by atoms with Crippen LogP contribution in [-0.4, -0.2) is 110 Å². The molecule has 10 heteroatoms. The zero-order chi connectivity index (χ0) is 49.8. The lowest BCUT2D eigenvalue weighted by Gasteiger charge is -2.43. The third-order valence-electron chi connectivity index (χ3n) is 16.3. The van der Waals surface area contributed by atoms with Crippen LogP contribution in [0, 0.1) is 11.8 Å². The van der Waals surface area contributed by atoms with Gasteiger partial charge < -0.3 is 29.1 Å². The molecule has 4 aliphatic heterocycles. The molecule has 0 N–H and O–H groups in total. The predicted octanol–water partition coefficient (Wildman–Crippen LogP) is 8.76. The Morgan fingerprint density at radius 2 is 0.681 bits per heavy atom. The summed E-state index contributed by atoms with van der Waals surface area (Å²) in [7, 11) is 3.80. The Balaban J connectivity index is 0.827. The number of esters is 2. The van der Waals surface area contributed by atoms with Crippen LogP contribution in [-0.2, 0) is 50.7 Å². The molecule has 2 unspecified atom stereocenters. The molecule has 6 aromatic rings. The Hall–Kier alpha value is -7.14. The predicted molar refractivity (Wildman–Crippen MR) is 278 cm³/mol. The maximum absolute atomic E-state index is 14.4. The van der Waals surface area contributed by atoms with Crippen LogP contribution in [0.1, 0.15) is 59.1 Å². The third kappa shape index (κ3) is 8.96. The van der Waals surface area contributed by atoms with Crippen LogP contribution in [0.5, 0.6) is 0 Å². The van der Waals surface area contributed by atoms with Crippen molar-refractivity contribution in [1.29, 1.82) is 0 Å². The minimum absolute atomic E-state index is 0.0225. The van der Waals surface area contributed by atoms with Gasteiger partial charge >= 0.3 is 11.9 Å². The van der Waals surface area contributed by atoms with Crippen LogP contribution in [0.25, 0.3) is 0 Å². The molecule has 0 spiro atoms. The van der Waals surface area contributed by atoms with Crippen molar-refractivity contribution in [3.8, 4) is 0 Å². The van der Waals surface area contributed by atoms with Crippen molar-refractivity contribution < 1.29 is 28.7 Å². The molecule has 0 bridgehead atoms. The van der Waals surface area contributed by atoms with Gasteiger partial charge in [-0.15, -0.1) is 0 Å². The fraction of sp³-hybridized carbons (Fsp3) is 0.323. The summed E-state index contributed by atoms with van der Waals surface area (Å²) in [6.07, 6.45) is 4.58. The molecule has 0 aliphatic carbocycles. The quantitative estimate of drug-likeness (QED) is 0.0790. The van der Waals surface area contributed by atoms with Gasteiger partial charge in [0.1, 0.15) is 22.0 Å². The van der Waals surface area contributed by atoms with E-state index in [1.54, 1.807) is 0 Å². The molecule has 368 valence electrons. The number of amides is 2. The van der Waals surface area contributed by atoms with Gasteiger partial charge in [0.2, 0.25) is 11.8 Å². The standard InChI is InChI=1S/C62H64N4O6/c1-63-43-53(61(57(63)69,49-25-13-5-14-26-49)50-27-15-6-16-28-50)45-65-39-35-59(36-40-65,47-21-9-3-10-22-47)71-55(67)33-34-56(68)72-60(48-23-11-4-12-24-48)37-41-66(42-38-60)46-54-44-64(2)58(70)62(54,51-29-17-7-18-30-51)52-31-19-8-20-32-52/h3-34,53-54H,35-46H2,1-2H3/b34-33+.